The van der Waals surface area contributed by atoms with Gasteiger partial charge in [-0.15, -0.1) is 0 Å². The Morgan fingerprint density at radius 1 is 1.42 bits per heavy atom. The summed E-state index contributed by atoms with van der Waals surface area (Å²) < 4.78 is 6.65. The minimum absolute atomic E-state index is 0.130. The Kier molecular flexibility index (Phi) is 4.99. The van der Waals surface area contributed by atoms with Crippen LogP contribution in [0.4, 0.5) is 0 Å². The summed E-state index contributed by atoms with van der Waals surface area (Å²) in [6.45, 7) is 6.35. The van der Waals surface area contributed by atoms with Gasteiger partial charge >= 0.3 is 0 Å². The third-order valence-corrected chi connectivity index (χ3v) is 4.43. The molecule has 1 fully saturated rings. The maximum Gasteiger partial charge on any atom is 0.253 e. The van der Waals surface area contributed by atoms with E-state index in [4.69, 9.17) is 4.74 Å². The van der Waals surface area contributed by atoms with Gasteiger partial charge in [-0.25, -0.2) is 0 Å². The fourth-order valence-electron chi connectivity index (χ4n) is 2.42. The van der Waals surface area contributed by atoms with E-state index >= 15 is 0 Å². The number of halogens is 1. The Hall–Kier alpha value is -0.870. The number of carbonyl (C=O) groups is 1. The van der Waals surface area contributed by atoms with E-state index in [2.05, 4.69) is 15.9 Å². The second-order valence-electron chi connectivity index (χ2n) is 4.91. The number of nitrogens with zero attached hydrogens (tertiary/aromatic N) is 1. The lowest BCUT2D eigenvalue weighted by molar-refractivity contribution is 0.0146. The van der Waals surface area contributed by atoms with Crippen LogP contribution in [0.25, 0.3) is 0 Å². The Labute approximate surface area is 123 Å². The van der Waals surface area contributed by atoms with Gasteiger partial charge in [0, 0.05) is 29.7 Å². The fraction of sp³-hybridized carbons (Fsp3) is 0.533. The number of rotatable bonds is 3. The molecule has 0 N–H and O–H groups in total. The molecule has 0 aromatic heterocycles. The molecule has 0 atom stereocenters. The predicted molar refractivity (Wildman–Crippen MR) is 79.4 cm³/mol. The molecule has 1 aliphatic rings. The van der Waals surface area contributed by atoms with Crippen molar-refractivity contribution in [1.82, 2.24) is 4.90 Å². The molecule has 3 nitrogen and oxygen atoms in total. The van der Waals surface area contributed by atoms with E-state index in [1.165, 1.54) is 0 Å². The largest absolute Gasteiger partial charge is 0.378 e. The van der Waals surface area contributed by atoms with Gasteiger partial charge in [0.05, 0.1) is 6.10 Å². The van der Waals surface area contributed by atoms with E-state index in [-0.39, 0.29) is 5.91 Å². The summed E-state index contributed by atoms with van der Waals surface area (Å²) >= 11 is 3.46. The quantitative estimate of drug-likeness (QED) is 0.852. The number of ether oxygens (including phenoxy) is 1. The van der Waals surface area contributed by atoms with Gasteiger partial charge in [0.25, 0.3) is 5.91 Å². The van der Waals surface area contributed by atoms with Crippen molar-refractivity contribution in [1.29, 1.82) is 0 Å². The third kappa shape index (κ3) is 3.57. The molecule has 1 amide bonds. The molecule has 19 heavy (non-hydrogen) atoms. The zero-order chi connectivity index (χ0) is 13.8. The molecule has 104 valence electrons. The Balaban J connectivity index is 1.99. The Morgan fingerprint density at radius 2 is 2.11 bits per heavy atom. The summed E-state index contributed by atoms with van der Waals surface area (Å²) in [5.41, 5.74) is 1.87. The van der Waals surface area contributed by atoms with Crippen LogP contribution in [0.1, 0.15) is 35.7 Å². The van der Waals surface area contributed by atoms with Crippen LogP contribution < -0.4 is 0 Å². The molecule has 1 heterocycles. The predicted octanol–water partition coefficient (Wildman–Crippen LogP) is 3.40. The van der Waals surface area contributed by atoms with E-state index in [9.17, 15) is 4.79 Å². The highest BCUT2D eigenvalue weighted by molar-refractivity contribution is 9.10. The zero-order valence-electron chi connectivity index (χ0n) is 11.5. The van der Waals surface area contributed by atoms with Crippen LogP contribution >= 0.6 is 15.9 Å². The summed E-state index contributed by atoms with van der Waals surface area (Å²) in [5.74, 6) is 0.130. The van der Waals surface area contributed by atoms with E-state index in [1.54, 1.807) is 0 Å². The lowest BCUT2D eigenvalue weighted by Gasteiger charge is -2.31. The number of aryl methyl sites for hydroxylation is 1. The molecule has 4 heteroatoms. The average Bonchev–Trinajstić information content (AvgIpc) is 2.42. The van der Waals surface area contributed by atoms with Crippen LogP contribution in [0.5, 0.6) is 0 Å². The van der Waals surface area contributed by atoms with Crippen LogP contribution in [0, 0.1) is 6.92 Å². The van der Waals surface area contributed by atoms with Crippen molar-refractivity contribution in [3.05, 3.63) is 33.8 Å². The van der Waals surface area contributed by atoms with Crippen LogP contribution in [0.2, 0.25) is 0 Å². The number of amides is 1. The Bertz CT molecular complexity index is 453. The maximum absolute atomic E-state index is 12.4. The fourth-order valence-corrected chi connectivity index (χ4v) is 2.67. The maximum atomic E-state index is 12.4. The van der Waals surface area contributed by atoms with Crippen LogP contribution in [-0.2, 0) is 4.74 Å². The number of hydrogen-bond acceptors (Lipinski definition) is 2. The third-order valence-electron chi connectivity index (χ3n) is 3.54. The molecule has 1 aliphatic heterocycles. The summed E-state index contributed by atoms with van der Waals surface area (Å²) in [6, 6.07) is 5.77. The van der Waals surface area contributed by atoms with E-state index in [0.29, 0.717) is 6.10 Å². The number of piperidine rings is 1. The second-order valence-corrected chi connectivity index (χ2v) is 5.77. The molecular formula is C15H20BrNO2. The highest BCUT2D eigenvalue weighted by Crippen LogP contribution is 2.20. The van der Waals surface area contributed by atoms with Crippen molar-refractivity contribution in [3.8, 4) is 0 Å². The highest BCUT2D eigenvalue weighted by Gasteiger charge is 2.23. The monoisotopic (exact) mass is 325 g/mol. The first-order chi connectivity index (χ1) is 9.11. The van der Waals surface area contributed by atoms with E-state index in [1.807, 2.05) is 36.9 Å². The van der Waals surface area contributed by atoms with Crippen molar-refractivity contribution >= 4 is 21.8 Å². The molecule has 0 unspecified atom stereocenters. The average molecular weight is 326 g/mol. The molecule has 2 rings (SSSR count). The van der Waals surface area contributed by atoms with Gasteiger partial charge in [-0.2, -0.15) is 0 Å². The van der Waals surface area contributed by atoms with Crippen molar-refractivity contribution in [3.63, 3.8) is 0 Å². The van der Waals surface area contributed by atoms with Gasteiger partial charge in [0.2, 0.25) is 0 Å². The topological polar surface area (TPSA) is 29.5 Å². The van der Waals surface area contributed by atoms with Gasteiger partial charge in [-0.1, -0.05) is 15.9 Å². The lowest BCUT2D eigenvalue weighted by atomic mass is 10.1. The first kappa shape index (κ1) is 14.5. The molecule has 0 aliphatic carbocycles. The summed E-state index contributed by atoms with van der Waals surface area (Å²) in [7, 11) is 0. The molecule has 1 saturated heterocycles. The van der Waals surface area contributed by atoms with E-state index < -0.39 is 0 Å². The molecule has 1 aromatic carbocycles. The van der Waals surface area contributed by atoms with Crippen molar-refractivity contribution in [2.24, 2.45) is 0 Å². The molecular weight excluding hydrogens is 306 g/mol. The minimum atomic E-state index is 0.130. The first-order valence-corrected chi connectivity index (χ1v) is 7.58. The van der Waals surface area contributed by atoms with Gasteiger partial charge in [-0.05, 0) is 50.5 Å². The minimum Gasteiger partial charge on any atom is -0.378 e. The molecule has 0 radical (unpaired) electrons. The summed E-state index contributed by atoms with van der Waals surface area (Å²) in [6.07, 6.45) is 2.20. The molecule has 1 aromatic rings. The van der Waals surface area contributed by atoms with Crippen LogP contribution in [-0.4, -0.2) is 36.6 Å². The van der Waals surface area contributed by atoms with Crippen molar-refractivity contribution in [2.75, 3.05) is 19.7 Å². The normalized spacial score (nSPS) is 16.7. The highest BCUT2D eigenvalue weighted by atomic mass is 79.9. The first-order valence-electron chi connectivity index (χ1n) is 6.79. The lowest BCUT2D eigenvalue weighted by Crippen LogP contribution is -2.40. The zero-order valence-corrected chi connectivity index (χ0v) is 13.1. The molecule has 0 saturated carbocycles. The number of carbonyl (C=O) groups excluding carboxylic acids is 1. The van der Waals surface area contributed by atoms with Gasteiger partial charge in [0.1, 0.15) is 0 Å². The SMILES string of the molecule is CCOC1CCN(C(=O)c2ccc(Br)c(C)c2)CC1. The molecule has 0 spiro atoms. The number of benzene rings is 1. The summed E-state index contributed by atoms with van der Waals surface area (Å²) in [4.78, 5) is 14.3. The van der Waals surface area contributed by atoms with Crippen molar-refractivity contribution < 1.29 is 9.53 Å². The second kappa shape index (κ2) is 6.53. The van der Waals surface area contributed by atoms with Gasteiger partial charge < -0.3 is 9.64 Å². The smallest absolute Gasteiger partial charge is 0.253 e. The summed E-state index contributed by atoms with van der Waals surface area (Å²) in [5, 5.41) is 0. The van der Waals surface area contributed by atoms with Gasteiger partial charge in [0.15, 0.2) is 0 Å². The van der Waals surface area contributed by atoms with Crippen LogP contribution in [0.15, 0.2) is 22.7 Å². The Morgan fingerprint density at radius 3 is 2.68 bits per heavy atom. The van der Waals surface area contributed by atoms with Crippen LogP contribution in [0.3, 0.4) is 0 Å². The number of hydrogen-bond donors (Lipinski definition) is 0. The van der Waals surface area contributed by atoms with Gasteiger partial charge in [-0.3, -0.25) is 4.79 Å². The number of likely N-dealkylation sites (tertiary alicyclic amines) is 1. The standard InChI is InChI=1S/C15H20BrNO2/c1-3-19-13-6-8-17(9-7-13)15(18)12-4-5-14(16)11(2)10-12/h4-5,10,13H,3,6-9H2,1-2H3. The van der Waals surface area contributed by atoms with E-state index in [0.717, 1.165) is 48.1 Å². The molecule has 0 bridgehead atoms. The van der Waals surface area contributed by atoms with Crippen molar-refractivity contribution in [2.45, 2.75) is 32.8 Å².